The molecule has 4 nitrogen and oxygen atoms in total. The van der Waals surface area contributed by atoms with E-state index >= 15 is 0 Å². The number of halogens is 2. The first kappa shape index (κ1) is 15.9. The van der Waals surface area contributed by atoms with Gasteiger partial charge in [-0.3, -0.25) is 4.72 Å². The molecule has 112 valence electrons. The van der Waals surface area contributed by atoms with Gasteiger partial charge in [0.15, 0.2) is 5.75 Å². The van der Waals surface area contributed by atoms with Gasteiger partial charge >= 0.3 is 0 Å². The van der Waals surface area contributed by atoms with Gasteiger partial charge in [0.2, 0.25) is 0 Å². The maximum Gasteiger partial charge on any atom is 0.262 e. The van der Waals surface area contributed by atoms with Crippen molar-refractivity contribution in [2.75, 3.05) is 4.72 Å². The van der Waals surface area contributed by atoms with Gasteiger partial charge in [-0.2, -0.15) is 0 Å². The number of aromatic hydroxyl groups is 1. The lowest BCUT2D eigenvalue weighted by Gasteiger charge is -2.12. The molecule has 0 bridgehead atoms. The molecule has 0 amide bonds. The van der Waals surface area contributed by atoms with E-state index < -0.39 is 10.0 Å². The van der Waals surface area contributed by atoms with Crippen LogP contribution in [0.5, 0.6) is 5.75 Å². The first-order valence-corrected chi connectivity index (χ1v) is 8.22. The molecule has 0 radical (unpaired) electrons. The highest BCUT2D eigenvalue weighted by Gasteiger charge is 2.18. The summed E-state index contributed by atoms with van der Waals surface area (Å²) in [5.41, 5.74) is 1.79. The summed E-state index contributed by atoms with van der Waals surface area (Å²) >= 11 is 11.6. The Morgan fingerprint density at radius 3 is 2.14 bits per heavy atom. The average molecular weight is 346 g/mol. The summed E-state index contributed by atoms with van der Waals surface area (Å²) in [5, 5.41) is 9.43. The number of hydrogen-bond donors (Lipinski definition) is 2. The van der Waals surface area contributed by atoms with Crippen LogP contribution < -0.4 is 4.72 Å². The molecule has 7 heteroatoms. The van der Waals surface area contributed by atoms with Gasteiger partial charge in [0.1, 0.15) is 0 Å². The van der Waals surface area contributed by atoms with Gasteiger partial charge in [-0.1, -0.05) is 40.9 Å². The van der Waals surface area contributed by atoms with E-state index in [0.717, 1.165) is 5.56 Å². The highest BCUT2D eigenvalue weighted by atomic mass is 35.5. The number of hydrogen-bond acceptors (Lipinski definition) is 3. The summed E-state index contributed by atoms with van der Waals surface area (Å²) < 4.78 is 27.2. The molecular weight excluding hydrogens is 333 g/mol. The molecule has 0 heterocycles. The second-order valence-electron chi connectivity index (χ2n) is 4.66. The number of aryl methyl sites for hydroxylation is 2. The van der Waals surface area contributed by atoms with E-state index in [1.807, 2.05) is 6.92 Å². The van der Waals surface area contributed by atoms with E-state index in [-0.39, 0.29) is 26.4 Å². The molecule has 0 aliphatic heterocycles. The van der Waals surface area contributed by atoms with Crippen LogP contribution in [0.3, 0.4) is 0 Å². The Morgan fingerprint density at radius 1 is 1.05 bits per heavy atom. The van der Waals surface area contributed by atoms with E-state index in [1.54, 1.807) is 19.1 Å². The lowest BCUT2D eigenvalue weighted by atomic mass is 10.2. The second kappa shape index (κ2) is 5.75. The number of rotatable bonds is 3. The molecule has 0 aliphatic carbocycles. The highest BCUT2D eigenvalue weighted by Crippen LogP contribution is 2.35. The van der Waals surface area contributed by atoms with Crippen LogP contribution in [0, 0.1) is 13.8 Å². The zero-order valence-corrected chi connectivity index (χ0v) is 13.6. The lowest BCUT2D eigenvalue weighted by molar-refractivity contribution is 0.476. The molecule has 2 N–H and O–H groups in total. The van der Waals surface area contributed by atoms with Gasteiger partial charge in [-0.25, -0.2) is 8.42 Å². The predicted octanol–water partition coefficient (Wildman–Crippen LogP) is 4.12. The van der Waals surface area contributed by atoms with Crippen molar-refractivity contribution < 1.29 is 13.5 Å². The number of phenolic OH excluding ortho intramolecular Hbond substituents is 1. The number of nitrogens with one attached hydrogen (secondary N) is 1. The van der Waals surface area contributed by atoms with Crippen LogP contribution in [-0.2, 0) is 10.0 Å². The quantitative estimate of drug-likeness (QED) is 0.822. The van der Waals surface area contributed by atoms with Crippen molar-refractivity contribution in [3.05, 3.63) is 51.5 Å². The summed E-state index contributed by atoms with van der Waals surface area (Å²) in [4.78, 5) is 0.174. The highest BCUT2D eigenvalue weighted by molar-refractivity contribution is 7.92. The first-order chi connectivity index (χ1) is 9.70. The molecule has 0 aliphatic rings. The molecule has 0 fully saturated rings. The van der Waals surface area contributed by atoms with Crippen molar-refractivity contribution in [3.63, 3.8) is 0 Å². The second-order valence-corrected chi connectivity index (χ2v) is 7.13. The van der Waals surface area contributed by atoms with Crippen LogP contribution >= 0.6 is 23.2 Å². The smallest absolute Gasteiger partial charge is 0.262 e. The van der Waals surface area contributed by atoms with Crippen molar-refractivity contribution in [1.29, 1.82) is 0 Å². The fraction of sp³-hybridized carbons (Fsp3) is 0.143. The monoisotopic (exact) mass is 345 g/mol. The molecule has 0 saturated carbocycles. The lowest BCUT2D eigenvalue weighted by Crippen LogP contribution is -2.14. The van der Waals surface area contributed by atoms with Crippen molar-refractivity contribution in [3.8, 4) is 5.75 Å². The minimum Gasteiger partial charge on any atom is -0.505 e. The maximum atomic E-state index is 12.4. The predicted molar refractivity (Wildman–Crippen MR) is 84.9 cm³/mol. The fourth-order valence-electron chi connectivity index (χ4n) is 1.94. The Morgan fingerprint density at radius 2 is 1.62 bits per heavy atom. The van der Waals surface area contributed by atoms with Crippen LogP contribution in [0.1, 0.15) is 11.1 Å². The number of benzene rings is 2. The summed E-state index contributed by atoms with van der Waals surface area (Å²) in [6.07, 6.45) is 0. The molecule has 2 aromatic carbocycles. The van der Waals surface area contributed by atoms with Gasteiger partial charge < -0.3 is 5.11 Å². The van der Waals surface area contributed by atoms with Crippen molar-refractivity contribution in [2.45, 2.75) is 18.7 Å². The van der Waals surface area contributed by atoms with E-state index in [0.29, 0.717) is 5.56 Å². The van der Waals surface area contributed by atoms with Gasteiger partial charge in [-0.15, -0.1) is 0 Å². The van der Waals surface area contributed by atoms with Crippen LogP contribution in [0.4, 0.5) is 5.69 Å². The summed E-state index contributed by atoms with van der Waals surface area (Å²) in [5.74, 6) is -0.284. The van der Waals surface area contributed by atoms with Gasteiger partial charge in [0, 0.05) is 0 Å². The van der Waals surface area contributed by atoms with Crippen LogP contribution in [0.15, 0.2) is 35.2 Å². The largest absolute Gasteiger partial charge is 0.505 e. The molecule has 21 heavy (non-hydrogen) atoms. The zero-order chi connectivity index (χ0) is 15.8. The van der Waals surface area contributed by atoms with Crippen LogP contribution in [0.25, 0.3) is 0 Å². The molecule has 0 spiro atoms. The topological polar surface area (TPSA) is 66.4 Å². The van der Waals surface area contributed by atoms with E-state index in [9.17, 15) is 13.5 Å². The number of anilines is 1. The standard InChI is InChI=1S/C14H13Cl2NO3S/c1-8-3-4-13(9(2)5-8)21(19,20)17-10-6-11(15)14(18)12(16)7-10/h3-7,17-18H,1-2H3. The molecular formula is C14H13Cl2NO3S. The molecule has 0 unspecified atom stereocenters. The normalized spacial score (nSPS) is 11.4. The number of sulfonamides is 1. The minimum atomic E-state index is -3.76. The van der Waals surface area contributed by atoms with E-state index in [1.165, 1.54) is 18.2 Å². The Bertz CT molecular complexity index is 781. The van der Waals surface area contributed by atoms with Crippen molar-refractivity contribution >= 4 is 38.9 Å². The SMILES string of the molecule is Cc1ccc(S(=O)(=O)Nc2cc(Cl)c(O)c(Cl)c2)c(C)c1. The van der Waals surface area contributed by atoms with Crippen LogP contribution in [-0.4, -0.2) is 13.5 Å². The third-order valence-electron chi connectivity index (χ3n) is 2.89. The molecule has 2 rings (SSSR count). The summed E-state index contributed by atoms with van der Waals surface area (Å²) in [6, 6.07) is 7.63. The van der Waals surface area contributed by atoms with E-state index in [4.69, 9.17) is 23.2 Å². The van der Waals surface area contributed by atoms with E-state index in [2.05, 4.69) is 4.72 Å². The summed E-state index contributed by atoms with van der Waals surface area (Å²) in [7, 11) is -3.76. The first-order valence-electron chi connectivity index (χ1n) is 5.99. The molecule has 2 aromatic rings. The van der Waals surface area contributed by atoms with Crippen LogP contribution in [0.2, 0.25) is 10.0 Å². The Hall–Kier alpha value is -1.43. The van der Waals surface area contributed by atoms with Crippen molar-refractivity contribution in [2.24, 2.45) is 0 Å². The van der Waals surface area contributed by atoms with Gasteiger partial charge in [0.05, 0.1) is 20.6 Å². The van der Waals surface area contributed by atoms with Gasteiger partial charge in [0.25, 0.3) is 10.0 Å². The fourth-order valence-corrected chi connectivity index (χ4v) is 3.69. The average Bonchev–Trinajstić information content (AvgIpc) is 2.34. The Balaban J connectivity index is 2.42. The van der Waals surface area contributed by atoms with Gasteiger partial charge in [-0.05, 0) is 37.6 Å². The minimum absolute atomic E-state index is 0.0270. The Labute approximate surface area is 133 Å². The maximum absolute atomic E-state index is 12.4. The Kier molecular flexibility index (Phi) is 4.37. The van der Waals surface area contributed by atoms with Crippen molar-refractivity contribution in [1.82, 2.24) is 0 Å². The zero-order valence-electron chi connectivity index (χ0n) is 11.3. The molecule has 0 aromatic heterocycles. The molecule has 0 atom stereocenters. The number of phenols is 1. The summed E-state index contributed by atoms with van der Waals surface area (Å²) in [6.45, 7) is 3.61. The third-order valence-corrected chi connectivity index (χ3v) is 5.01. The molecule has 0 saturated heterocycles. The third kappa shape index (κ3) is 3.43.